The van der Waals surface area contributed by atoms with Gasteiger partial charge >= 0.3 is 12.1 Å². The van der Waals surface area contributed by atoms with Crippen molar-refractivity contribution >= 4 is 41.0 Å². The maximum absolute atomic E-state index is 14.2. The van der Waals surface area contributed by atoms with Gasteiger partial charge in [-0.25, -0.2) is 28.9 Å². The molecule has 0 aliphatic carbocycles. The number of nitrogens with zero attached hydrogens (tertiary/aromatic N) is 8. The summed E-state index contributed by atoms with van der Waals surface area (Å²) >= 11 is 1.36. The molecule has 3 aliphatic heterocycles. The first kappa shape index (κ1) is 40.1. The van der Waals surface area contributed by atoms with Crippen LogP contribution >= 0.6 is 11.3 Å². The lowest BCUT2D eigenvalue weighted by Gasteiger charge is -2.48. The fraction of sp³-hybridized carbons (Fsp3) is 0.564. The summed E-state index contributed by atoms with van der Waals surface area (Å²) in [5.74, 6) is -0.630. The minimum absolute atomic E-state index is 0.0201. The van der Waals surface area contributed by atoms with Crippen molar-refractivity contribution in [2.75, 3.05) is 63.9 Å². The number of carbonyl (C=O) groups excluding carboxylic acids is 4. The maximum atomic E-state index is 14.2. The minimum atomic E-state index is -0.648. The number of ether oxygens (including phenoxy) is 2. The van der Waals surface area contributed by atoms with Gasteiger partial charge in [0, 0.05) is 87.3 Å². The Morgan fingerprint density at radius 1 is 0.909 bits per heavy atom. The lowest BCUT2D eigenvalue weighted by Crippen LogP contribution is -2.65. The Bertz CT molecular complexity index is 1840. The van der Waals surface area contributed by atoms with Crippen molar-refractivity contribution in [2.24, 2.45) is 0 Å². The van der Waals surface area contributed by atoms with E-state index in [9.17, 15) is 23.6 Å². The van der Waals surface area contributed by atoms with Crippen molar-refractivity contribution in [1.82, 2.24) is 34.6 Å². The second-order valence-electron chi connectivity index (χ2n) is 15.5. The van der Waals surface area contributed by atoms with Crippen LogP contribution in [0.4, 0.5) is 15.1 Å². The van der Waals surface area contributed by atoms with Crippen LogP contribution in [0.3, 0.4) is 0 Å². The molecule has 3 aliphatic rings. The number of esters is 1. The Hall–Kier alpha value is -4.54. The number of hydrogen-bond donors (Lipinski definition) is 0. The molecule has 2 amide bonds. The van der Waals surface area contributed by atoms with Crippen LogP contribution in [0, 0.1) is 5.82 Å². The van der Waals surface area contributed by atoms with Crippen LogP contribution in [0.15, 0.2) is 42.0 Å². The predicted octanol–water partition coefficient (Wildman–Crippen LogP) is 4.66. The summed E-state index contributed by atoms with van der Waals surface area (Å²) in [6, 6.07) is 4.93. The predicted molar refractivity (Wildman–Crippen MR) is 205 cm³/mol. The highest BCUT2D eigenvalue weighted by molar-refractivity contribution is 7.10. The van der Waals surface area contributed by atoms with Crippen molar-refractivity contribution in [3.8, 4) is 0 Å². The van der Waals surface area contributed by atoms with Crippen LogP contribution in [-0.4, -0.2) is 141 Å². The molecule has 0 radical (unpaired) electrons. The number of ketones is 1. The Morgan fingerprint density at radius 2 is 1.64 bits per heavy atom. The van der Waals surface area contributed by atoms with Crippen LogP contribution in [0.25, 0.3) is 0 Å². The van der Waals surface area contributed by atoms with E-state index in [1.165, 1.54) is 48.0 Å². The molecule has 0 saturated carbocycles. The fourth-order valence-electron chi connectivity index (χ4n) is 7.46. The number of anilines is 1. The number of amides is 2. The van der Waals surface area contributed by atoms with Gasteiger partial charge in [-0.15, -0.1) is 11.3 Å². The number of benzene rings is 1. The van der Waals surface area contributed by atoms with E-state index in [-0.39, 0.29) is 60.8 Å². The molecule has 0 N–H and O–H groups in total. The average molecular weight is 779 g/mol. The first-order valence-electron chi connectivity index (χ1n) is 19.0. The van der Waals surface area contributed by atoms with Crippen molar-refractivity contribution in [3.63, 3.8) is 0 Å². The summed E-state index contributed by atoms with van der Waals surface area (Å²) < 4.78 is 24.3. The van der Waals surface area contributed by atoms with Crippen LogP contribution in [0.1, 0.15) is 91.8 Å². The molecule has 55 heavy (non-hydrogen) atoms. The molecule has 0 spiro atoms. The van der Waals surface area contributed by atoms with Gasteiger partial charge in [-0.05, 0) is 78.6 Å². The van der Waals surface area contributed by atoms with E-state index in [1.807, 2.05) is 32.6 Å². The van der Waals surface area contributed by atoms with Gasteiger partial charge in [-0.2, -0.15) is 0 Å². The molecule has 14 nitrogen and oxygen atoms in total. The number of thiazole rings is 1. The first-order chi connectivity index (χ1) is 26.2. The van der Waals surface area contributed by atoms with E-state index in [4.69, 9.17) is 9.47 Å². The third kappa shape index (κ3) is 9.65. The molecule has 3 aromatic rings. The number of likely N-dealkylation sites (tertiary alicyclic amines) is 1. The van der Waals surface area contributed by atoms with Gasteiger partial charge in [0.1, 0.15) is 22.1 Å². The fourth-order valence-corrected chi connectivity index (χ4v) is 8.40. The molecular formula is C39H51FN8O6S. The summed E-state index contributed by atoms with van der Waals surface area (Å²) in [6.07, 6.45) is 4.18. The van der Waals surface area contributed by atoms with E-state index in [1.54, 1.807) is 17.2 Å². The largest absolute Gasteiger partial charge is 0.462 e. The number of piperazine rings is 2. The standard InChI is InChI=1S/C39H51FN8O6S/c1-7-53-36(51)28-17-41-37(42-18-28)45-16-15-44(25(2)19-45)21-30-22-48(38(52)54-39(4,5)6)26(3)20-46(30)23-33(49)47-14-8-9-32(47)35-43-31(24-55-35)34(50)27-10-12-29(40)13-11-27/h10-13,17-18,24-26,30,32H,7-9,14-16,19-23H2,1-6H3/t25-,26-,30+,32+/m1/s1. The molecule has 6 rings (SSSR count). The highest BCUT2D eigenvalue weighted by atomic mass is 32.1. The number of rotatable bonds is 10. The molecule has 0 unspecified atom stereocenters. The lowest BCUT2D eigenvalue weighted by atomic mass is 10.0. The molecule has 16 heteroatoms. The number of carbonyl (C=O) groups is 4. The SMILES string of the molecule is CCOC(=O)c1cnc(N2CCN(C[C@H]3CN(C(=O)OC(C)(C)C)[C@H](C)CN3CC(=O)N3CCC[C@H]3c3nc(C(=O)c4ccc(F)cc4)cs3)[C@H](C)C2)nc1. The zero-order valence-electron chi connectivity index (χ0n) is 32.4. The Kier molecular flexibility index (Phi) is 12.5. The molecule has 5 heterocycles. The van der Waals surface area contributed by atoms with Gasteiger partial charge in [0.15, 0.2) is 0 Å². The Morgan fingerprint density at radius 3 is 2.31 bits per heavy atom. The minimum Gasteiger partial charge on any atom is -0.462 e. The van der Waals surface area contributed by atoms with E-state index in [0.717, 1.165) is 12.8 Å². The van der Waals surface area contributed by atoms with E-state index in [0.29, 0.717) is 67.9 Å². The summed E-state index contributed by atoms with van der Waals surface area (Å²) in [5, 5.41) is 2.42. The van der Waals surface area contributed by atoms with Crippen LogP contribution in [-0.2, 0) is 14.3 Å². The molecule has 296 valence electrons. The molecule has 0 bridgehead atoms. The first-order valence-corrected chi connectivity index (χ1v) is 19.9. The smallest absolute Gasteiger partial charge is 0.410 e. The average Bonchev–Trinajstić information content (AvgIpc) is 3.84. The number of halogens is 1. The van der Waals surface area contributed by atoms with Crippen molar-refractivity contribution in [2.45, 2.75) is 84.2 Å². The van der Waals surface area contributed by atoms with Crippen LogP contribution in [0.5, 0.6) is 0 Å². The van der Waals surface area contributed by atoms with Gasteiger partial charge < -0.3 is 24.2 Å². The third-order valence-electron chi connectivity index (χ3n) is 10.3. The summed E-state index contributed by atoms with van der Waals surface area (Å²) in [7, 11) is 0. The monoisotopic (exact) mass is 778 g/mol. The molecule has 1 aromatic carbocycles. The highest BCUT2D eigenvalue weighted by Crippen LogP contribution is 2.35. The Labute approximate surface area is 325 Å². The van der Waals surface area contributed by atoms with Crippen molar-refractivity contribution in [1.29, 1.82) is 0 Å². The number of hydrogen-bond acceptors (Lipinski definition) is 13. The second kappa shape index (κ2) is 17.1. The maximum Gasteiger partial charge on any atom is 0.410 e. The van der Waals surface area contributed by atoms with Crippen molar-refractivity contribution < 1.29 is 33.0 Å². The topological polar surface area (TPSA) is 142 Å². The normalized spacial score (nSPS) is 22.5. The number of aromatic nitrogens is 3. The van der Waals surface area contributed by atoms with E-state index < -0.39 is 17.4 Å². The van der Waals surface area contributed by atoms with Crippen molar-refractivity contribution in [3.05, 3.63) is 69.7 Å². The molecule has 3 saturated heterocycles. The third-order valence-corrected chi connectivity index (χ3v) is 11.2. The Balaban J connectivity index is 1.14. The highest BCUT2D eigenvalue weighted by Gasteiger charge is 2.41. The van der Waals surface area contributed by atoms with Gasteiger partial charge in [0.2, 0.25) is 17.6 Å². The molecule has 3 fully saturated rings. The zero-order chi connectivity index (χ0) is 39.4. The summed E-state index contributed by atoms with van der Waals surface area (Å²) in [4.78, 5) is 76.7. The van der Waals surface area contributed by atoms with Gasteiger partial charge in [0.05, 0.1) is 24.8 Å². The second-order valence-corrected chi connectivity index (χ2v) is 16.4. The van der Waals surface area contributed by atoms with Gasteiger partial charge in [0.25, 0.3) is 0 Å². The lowest BCUT2D eigenvalue weighted by molar-refractivity contribution is -0.135. The van der Waals surface area contributed by atoms with Crippen LogP contribution in [0.2, 0.25) is 0 Å². The van der Waals surface area contributed by atoms with Gasteiger partial charge in [-0.3, -0.25) is 19.4 Å². The van der Waals surface area contributed by atoms with E-state index in [2.05, 4.69) is 36.6 Å². The quantitative estimate of drug-likeness (QED) is 0.209. The zero-order valence-corrected chi connectivity index (χ0v) is 33.3. The summed E-state index contributed by atoms with van der Waals surface area (Å²) in [6.45, 7) is 16.0. The molecule has 2 aromatic heterocycles. The van der Waals surface area contributed by atoms with Crippen LogP contribution < -0.4 is 4.90 Å². The van der Waals surface area contributed by atoms with Gasteiger partial charge in [-0.1, -0.05) is 0 Å². The molecular weight excluding hydrogens is 728 g/mol. The molecule has 4 atom stereocenters. The summed E-state index contributed by atoms with van der Waals surface area (Å²) in [5.41, 5.74) is 0.302. The van der Waals surface area contributed by atoms with E-state index >= 15 is 0 Å².